The predicted molar refractivity (Wildman–Crippen MR) is 111 cm³/mol. The summed E-state index contributed by atoms with van der Waals surface area (Å²) in [6, 6.07) is 14.7. The first-order chi connectivity index (χ1) is 13.1. The van der Waals surface area contributed by atoms with Crippen LogP contribution in [0.2, 0.25) is 0 Å². The largest absolute Gasteiger partial charge is 0.497 e. The van der Waals surface area contributed by atoms with Crippen LogP contribution in [0.15, 0.2) is 53.9 Å². The predicted octanol–water partition coefficient (Wildman–Crippen LogP) is 3.95. The van der Waals surface area contributed by atoms with Gasteiger partial charge < -0.3 is 14.8 Å². The highest BCUT2D eigenvalue weighted by Crippen LogP contribution is 2.25. The number of anilines is 1. The number of amides is 1. The Morgan fingerprint density at radius 3 is 2.37 bits per heavy atom. The van der Waals surface area contributed by atoms with E-state index in [4.69, 9.17) is 21.7 Å². The van der Waals surface area contributed by atoms with E-state index in [0.29, 0.717) is 22.2 Å². The Morgan fingerprint density at radius 1 is 1.07 bits per heavy atom. The summed E-state index contributed by atoms with van der Waals surface area (Å²) in [4.78, 5) is 16.9. The lowest BCUT2D eigenvalue weighted by Crippen LogP contribution is -2.34. The lowest BCUT2D eigenvalue weighted by molar-refractivity contribution is 0.0977. The Morgan fingerprint density at radius 2 is 1.74 bits per heavy atom. The molecule has 0 aliphatic rings. The molecule has 3 aromatic rings. The van der Waals surface area contributed by atoms with Crippen molar-refractivity contribution in [3.8, 4) is 22.8 Å². The van der Waals surface area contributed by atoms with Gasteiger partial charge in [-0.3, -0.25) is 10.1 Å². The van der Waals surface area contributed by atoms with E-state index < -0.39 is 0 Å². The molecule has 0 bridgehead atoms. The van der Waals surface area contributed by atoms with Gasteiger partial charge in [-0.1, -0.05) is 30.3 Å². The smallest absolute Gasteiger partial charge is 0.257 e. The molecule has 27 heavy (non-hydrogen) atoms. The Balaban J connectivity index is 1.66. The third-order valence-corrected chi connectivity index (χ3v) is 4.60. The van der Waals surface area contributed by atoms with Crippen LogP contribution < -0.4 is 20.1 Å². The van der Waals surface area contributed by atoms with Gasteiger partial charge in [0.05, 0.1) is 19.9 Å². The number of thiazole rings is 1. The molecule has 0 unspecified atom stereocenters. The summed E-state index contributed by atoms with van der Waals surface area (Å²) in [6.45, 7) is 0. The quantitative estimate of drug-likeness (QED) is 0.633. The molecule has 138 valence electrons. The summed E-state index contributed by atoms with van der Waals surface area (Å²) in [5.41, 5.74) is 2.23. The summed E-state index contributed by atoms with van der Waals surface area (Å²) in [7, 11) is 3.05. The van der Waals surface area contributed by atoms with Gasteiger partial charge in [0, 0.05) is 22.6 Å². The van der Waals surface area contributed by atoms with E-state index in [1.165, 1.54) is 25.6 Å². The van der Waals surface area contributed by atoms with Gasteiger partial charge in [-0.05, 0) is 24.4 Å². The van der Waals surface area contributed by atoms with Crippen molar-refractivity contribution in [3.05, 3.63) is 59.5 Å². The van der Waals surface area contributed by atoms with Crippen LogP contribution in [0.3, 0.4) is 0 Å². The van der Waals surface area contributed by atoms with Crippen molar-refractivity contribution >= 4 is 39.7 Å². The van der Waals surface area contributed by atoms with E-state index in [9.17, 15) is 4.79 Å². The van der Waals surface area contributed by atoms with E-state index in [2.05, 4.69) is 15.6 Å². The Hall–Kier alpha value is -2.97. The molecular formula is C19H17N3O3S2. The number of thiocarbonyl (C=S) groups is 1. The summed E-state index contributed by atoms with van der Waals surface area (Å²) in [6.07, 6.45) is 0. The Kier molecular flexibility index (Phi) is 6.00. The highest BCUT2D eigenvalue weighted by molar-refractivity contribution is 7.80. The maximum atomic E-state index is 12.4. The number of methoxy groups -OCH3 is 2. The first kappa shape index (κ1) is 18.8. The minimum absolute atomic E-state index is 0.163. The van der Waals surface area contributed by atoms with Crippen molar-refractivity contribution in [2.45, 2.75) is 0 Å². The van der Waals surface area contributed by atoms with Gasteiger partial charge in [0.15, 0.2) is 10.2 Å². The third-order valence-electron chi connectivity index (χ3n) is 3.63. The second-order valence-electron chi connectivity index (χ2n) is 5.41. The highest BCUT2D eigenvalue weighted by Gasteiger charge is 2.13. The Bertz CT molecular complexity index is 936. The number of carbonyl (C=O) groups is 1. The van der Waals surface area contributed by atoms with Crippen LogP contribution in [0.1, 0.15) is 10.4 Å². The topological polar surface area (TPSA) is 72.5 Å². The van der Waals surface area contributed by atoms with E-state index in [1.54, 1.807) is 18.2 Å². The van der Waals surface area contributed by atoms with Crippen LogP contribution in [0, 0.1) is 0 Å². The molecule has 1 aromatic heterocycles. The second kappa shape index (κ2) is 8.61. The zero-order valence-corrected chi connectivity index (χ0v) is 16.3. The normalized spacial score (nSPS) is 10.1. The molecule has 0 radical (unpaired) electrons. The number of hydrogen-bond acceptors (Lipinski definition) is 6. The maximum Gasteiger partial charge on any atom is 0.257 e. The van der Waals surface area contributed by atoms with Crippen molar-refractivity contribution in [1.82, 2.24) is 10.3 Å². The minimum atomic E-state index is -0.371. The fourth-order valence-electron chi connectivity index (χ4n) is 2.31. The molecule has 6 nitrogen and oxygen atoms in total. The fourth-order valence-corrected chi connectivity index (χ4v) is 3.29. The van der Waals surface area contributed by atoms with Gasteiger partial charge in [0.2, 0.25) is 0 Å². The first-order valence-electron chi connectivity index (χ1n) is 7.95. The summed E-state index contributed by atoms with van der Waals surface area (Å²) >= 11 is 6.63. The number of ether oxygens (including phenoxy) is 2. The number of carbonyl (C=O) groups excluding carboxylic acids is 1. The minimum Gasteiger partial charge on any atom is -0.497 e. The summed E-state index contributed by atoms with van der Waals surface area (Å²) in [5, 5.41) is 8.26. The van der Waals surface area contributed by atoms with Crippen LogP contribution in [0.25, 0.3) is 11.3 Å². The Labute approximate surface area is 166 Å². The molecular weight excluding hydrogens is 382 g/mol. The lowest BCUT2D eigenvalue weighted by atomic mass is 10.2. The van der Waals surface area contributed by atoms with Crippen molar-refractivity contribution in [3.63, 3.8) is 0 Å². The van der Waals surface area contributed by atoms with Gasteiger partial charge in [-0.2, -0.15) is 0 Å². The molecule has 1 heterocycles. The maximum absolute atomic E-state index is 12.4. The molecule has 3 rings (SSSR count). The third kappa shape index (κ3) is 4.81. The molecule has 0 saturated heterocycles. The van der Waals surface area contributed by atoms with Crippen molar-refractivity contribution in [2.24, 2.45) is 0 Å². The highest BCUT2D eigenvalue weighted by atomic mass is 32.1. The van der Waals surface area contributed by atoms with Gasteiger partial charge in [-0.15, -0.1) is 11.3 Å². The lowest BCUT2D eigenvalue weighted by Gasteiger charge is -2.10. The number of nitrogens with zero attached hydrogens (tertiary/aromatic N) is 1. The molecule has 0 spiro atoms. The van der Waals surface area contributed by atoms with E-state index >= 15 is 0 Å². The van der Waals surface area contributed by atoms with Gasteiger partial charge in [0.25, 0.3) is 5.91 Å². The van der Waals surface area contributed by atoms with Crippen molar-refractivity contribution in [1.29, 1.82) is 0 Å². The van der Waals surface area contributed by atoms with E-state index in [0.717, 1.165) is 11.3 Å². The summed E-state index contributed by atoms with van der Waals surface area (Å²) < 4.78 is 10.4. The SMILES string of the molecule is COc1cc(OC)cc(C(=O)NC(=S)Nc2nc(-c3ccccc3)cs2)c1. The molecule has 0 atom stereocenters. The second-order valence-corrected chi connectivity index (χ2v) is 6.68. The summed E-state index contributed by atoms with van der Waals surface area (Å²) in [5.74, 6) is 0.668. The van der Waals surface area contributed by atoms with Crippen LogP contribution in [0.4, 0.5) is 5.13 Å². The number of rotatable bonds is 5. The fraction of sp³-hybridized carbons (Fsp3) is 0.105. The molecule has 8 heteroatoms. The van der Waals surface area contributed by atoms with Crippen molar-refractivity contribution < 1.29 is 14.3 Å². The van der Waals surface area contributed by atoms with E-state index in [1.807, 2.05) is 35.7 Å². The standard InChI is InChI=1S/C19H17N3O3S2/c1-24-14-8-13(9-15(10-14)25-2)17(23)21-18(26)22-19-20-16(11-27-19)12-6-4-3-5-7-12/h3-11H,1-2H3,(H2,20,21,22,23,26). The number of nitrogens with one attached hydrogen (secondary N) is 2. The molecule has 2 N–H and O–H groups in total. The monoisotopic (exact) mass is 399 g/mol. The van der Waals surface area contributed by atoms with Crippen LogP contribution in [-0.4, -0.2) is 30.2 Å². The molecule has 0 fully saturated rings. The van der Waals surface area contributed by atoms with Crippen LogP contribution in [-0.2, 0) is 0 Å². The number of hydrogen-bond donors (Lipinski definition) is 2. The van der Waals surface area contributed by atoms with Crippen LogP contribution in [0.5, 0.6) is 11.5 Å². The zero-order chi connectivity index (χ0) is 19.2. The van der Waals surface area contributed by atoms with Gasteiger partial charge >= 0.3 is 0 Å². The van der Waals surface area contributed by atoms with Crippen molar-refractivity contribution in [2.75, 3.05) is 19.5 Å². The average Bonchev–Trinajstić information content (AvgIpc) is 3.16. The molecule has 1 amide bonds. The van der Waals surface area contributed by atoms with Gasteiger partial charge in [-0.25, -0.2) is 4.98 Å². The number of aromatic nitrogens is 1. The van der Waals surface area contributed by atoms with Gasteiger partial charge in [0.1, 0.15) is 11.5 Å². The molecule has 0 aliphatic heterocycles. The molecule has 2 aromatic carbocycles. The van der Waals surface area contributed by atoms with E-state index in [-0.39, 0.29) is 11.0 Å². The molecule has 0 saturated carbocycles. The first-order valence-corrected chi connectivity index (χ1v) is 9.24. The zero-order valence-electron chi connectivity index (χ0n) is 14.7. The molecule has 0 aliphatic carbocycles. The average molecular weight is 399 g/mol. The number of benzene rings is 2. The van der Waals surface area contributed by atoms with Crippen LogP contribution >= 0.6 is 23.6 Å².